The molecule has 0 saturated carbocycles. The molecular weight excluding hydrogens is 338 g/mol. The minimum atomic E-state index is -0.775. The summed E-state index contributed by atoms with van der Waals surface area (Å²) in [5.74, 6) is -0.255. The molecule has 0 radical (unpaired) electrons. The van der Waals surface area contributed by atoms with Crippen LogP contribution in [-0.2, 0) is 4.79 Å². The van der Waals surface area contributed by atoms with Crippen LogP contribution in [0.1, 0.15) is 32.8 Å². The first-order chi connectivity index (χ1) is 12.7. The van der Waals surface area contributed by atoms with Gasteiger partial charge in [-0.3, -0.25) is 9.78 Å². The van der Waals surface area contributed by atoms with Crippen molar-refractivity contribution in [1.29, 1.82) is 0 Å². The average molecular weight is 372 g/mol. The van der Waals surface area contributed by atoms with Gasteiger partial charge < -0.3 is 22.5 Å². The molecule has 1 heterocycles. The van der Waals surface area contributed by atoms with Gasteiger partial charge in [-0.2, -0.15) is 0 Å². The number of hydrogen-bond acceptors (Lipinski definition) is 5. The first kappa shape index (κ1) is 22.8. The molecule has 0 spiro atoms. The van der Waals surface area contributed by atoms with E-state index in [1.165, 1.54) is 0 Å². The predicted octanol–water partition coefficient (Wildman–Crippen LogP) is 1.74. The SMILES string of the molecule is C=C/C(=C\C=C(/C)CC(N)C(N)C(=O)NCC(C)(C)CN)c1cccnc1. The van der Waals surface area contributed by atoms with Crippen molar-refractivity contribution in [2.75, 3.05) is 13.1 Å². The molecule has 0 bridgehead atoms. The van der Waals surface area contributed by atoms with E-state index in [-0.39, 0.29) is 11.3 Å². The van der Waals surface area contributed by atoms with Crippen LogP contribution in [0.25, 0.3) is 5.57 Å². The maximum Gasteiger partial charge on any atom is 0.238 e. The molecule has 2 unspecified atom stereocenters. The summed E-state index contributed by atoms with van der Waals surface area (Å²) in [6.45, 7) is 10.7. The summed E-state index contributed by atoms with van der Waals surface area (Å²) < 4.78 is 0. The van der Waals surface area contributed by atoms with Crippen LogP contribution in [0.4, 0.5) is 0 Å². The van der Waals surface area contributed by atoms with E-state index >= 15 is 0 Å². The third-order valence-corrected chi connectivity index (χ3v) is 4.38. The molecule has 1 amide bonds. The molecule has 0 aromatic carbocycles. The molecule has 1 rings (SSSR count). The van der Waals surface area contributed by atoms with Gasteiger partial charge in [-0.1, -0.05) is 50.3 Å². The number of nitrogens with zero attached hydrogens (tertiary/aromatic N) is 1. The summed E-state index contributed by atoms with van der Waals surface area (Å²) in [5.41, 5.74) is 20.6. The molecule has 27 heavy (non-hydrogen) atoms. The Kier molecular flexibility index (Phi) is 9.08. The van der Waals surface area contributed by atoms with Crippen LogP contribution in [0.2, 0.25) is 0 Å². The first-order valence-electron chi connectivity index (χ1n) is 9.09. The summed E-state index contributed by atoms with van der Waals surface area (Å²) in [7, 11) is 0. The lowest BCUT2D eigenvalue weighted by Gasteiger charge is -2.25. The monoisotopic (exact) mass is 371 g/mol. The quantitative estimate of drug-likeness (QED) is 0.467. The van der Waals surface area contributed by atoms with Gasteiger partial charge in [0.05, 0.1) is 6.04 Å². The van der Waals surface area contributed by atoms with Gasteiger partial charge in [0.25, 0.3) is 0 Å². The van der Waals surface area contributed by atoms with Crippen LogP contribution in [0.3, 0.4) is 0 Å². The lowest BCUT2D eigenvalue weighted by atomic mass is 9.93. The molecule has 0 aliphatic heterocycles. The van der Waals surface area contributed by atoms with Gasteiger partial charge in [0, 0.05) is 25.0 Å². The highest BCUT2D eigenvalue weighted by Gasteiger charge is 2.24. The van der Waals surface area contributed by atoms with Gasteiger partial charge in [0.2, 0.25) is 5.91 Å². The maximum atomic E-state index is 12.2. The molecule has 148 valence electrons. The third kappa shape index (κ3) is 7.86. The number of amides is 1. The summed E-state index contributed by atoms with van der Waals surface area (Å²) in [6, 6.07) is 2.60. The Balaban J connectivity index is 2.67. The molecule has 1 aromatic rings. The van der Waals surface area contributed by atoms with E-state index in [1.54, 1.807) is 18.5 Å². The lowest BCUT2D eigenvalue weighted by Crippen LogP contribution is -2.53. The fraction of sp³-hybridized carbons (Fsp3) is 0.429. The van der Waals surface area contributed by atoms with Gasteiger partial charge in [0.1, 0.15) is 0 Å². The van der Waals surface area contributed by atoms with Gasteiger partial charge >= 0.3 is 0 Å². The lowest BCUT2D eigenvalue weighted by molar-refractivity contribution is -0.123. The van der Waals surface area contributed by atoms with E-state index < -0.39 is 12.1 Å². The van der Waals surface area contributed by atoms with Crippen molar-refractivity contribution in [1.82, 2.24) is 10.3 Å². The van der Waals surface area contributed by atoms with Crippen LogP contribution in [-0.4, -0.2) is 36.1 Å². The number of aromatic nitrogens is 1. The molecule has 0 aliphatic rings. The summed E-state index contributed by atoms with van der Waals surface area (Å²) >= 11 is 0. The van der Waals surface area contributed by atoms with Gasteiger partial charge in [-0.25, -0.2) is 0 Å². The van der Waals surface area contributed by atoms with E-state index in [0.717, 1.165) is 16.7 Å². The zero-order chi connectivity index (χ0) is 20.4. The predicted molar refractivity (Wildman–Crippen MR) is 113 cm³/mol. The Labute approximate surface area is 162 Å². The van der Waals surface area contributed by atoms with Gasteiger partial charge in [-0.15, -0.1) is 0 Å². The standard InChI is InChI=1S/C21H33N5O/c1-5-16(17-7-6-10-25-12-17)9-8-15(2)11-18(23)19(24)20(27)26-14-21(3,4)13-22/h5-10,12,18-19H,1,11,13-14,22-24H2,2-4H3,(H,26,27)/b15-8+,16-9+. The number of carbonyl (C=O) groups is 1. The van der Waals surface area contributed by atoms with Gasteiger partial charge in [0.15, 0.2) is 0 Å². The number of nitrogens with one attached hydrogen (secondary N) is 1. The molecule has 1 aromatic heterocycles. The number of nitrogens with two attached hydrogens (primary N) is 3. The van der Waals surface area contributed by atoms with Crippen molar-refractivity contribution in [3.63, 3.8) is 0 Å². The second-order valence-electron chi connectivity index (χ2n) is 7.56. The van der Waals surface area contributed by atoms with Crippen molar-refractivity contribution >= 4 is 11.5 Å². The minimum Gasteiger partial charge on any atom is -0.354 e. The highest BCUT2D eigenvalue weighted by atomic mass is 16.2. The van der Waals surface area contributed by atoms with Crippen molar-refractivity contribution in [3.05, 3.63) is 60.5 Å². The highest BCUT2D eigenvalue weighted by molar-refractivity contribution is 5.82. The maximum absolute atomic E-state index is 12.2. The van der Waals surface area contributed by atoms with Crippen LogP contribution in [0, 0.1) is 5.41 Å². The van der Waals surface area contributed by atoms with E-state index in [4.69, 9.17) is 17.2 Å². The van der Waals surface area contributed by atoms with Crippen LogP contribution < -0.4 is 22.5 Å². The van der Waals surface area contributed by atoms with E-state index in [9.17, 15) is 4.79 Å². The summed E-state index contributed by atoms with van der Waals surface area (Å²) in [4.78, 5) is 16.3. The fourth-order valence-electron chi connectivity index (χ4n) is 2.33. The normalized spacial score (nSPS) is 15.2. The highest BCUT2D eigenvalue weighted by Crippen LogP contribution is 2.15. The molecule has 2 atom stereocenters. The van der Waals surface area contributed by atoms with Crippen molar-refractivity contribution < 1.29 is 4.79 Å². The average Bonchev–Trinajstić information content (AvgIpc) is 2.66. The third-order valence-electron chi connectivity index (χ3n) is 4.38. The Morgan fingerprint density at radius 3 is 2.63 bits per heavy atom. The second-order valence-corrected chi connectivity index (χ2v) is 7.56. The molecular formula is C21H33N5O. The second kappa shape index (κ2) is 10.8. The molecule has 0 fully saturated rings. The number of carbonyl (C=O) groups excluding carboxylic acids is 1. The van der Waals surface area contributed by atoms with Crippen molar-refractivity contribution in [3.8, 4) is 0 Å². The number of allylic oxidation sites excluding steroid dienone is 4. The first-order valence-corrected chi connectivity index (χ1v) is 9.09. The summed E-state index contributed by atoms with van der Waals surface area (Å²) in [5, 5.41) is 2.83. The van der Waals surface area contributed by atoms with Crippen LogP contribution in [0.5, 0.6) is 0 Å². The zero-order valence-corrected chi connectivity index (χ0v) is 16.6. The number of rotatable bonds is 10. The topological polar surface area (TPSA) is 120 Å². The summed E-state index contributed by atoms with van der Waals surface area (Å²) in [6.07, 6.45) is 9.73. The van der Waals surface area contributed by atoms with E-state index in [0.29, 0.717) is 19.5 Å². The molecule has 0 aliphatic carbocycles. The zero-order valence-electron chi connectivity index (χ0n) is 16.6. The van der Waals surface area contributed by atoms with Crippen molar-refractivity contribution in [2.45, 2.75) is 39.3 Å². The molecule has 0 saturated heterocycles. The largest absolute Gasteiger partial charge is 0.354 e. The Hall–Kier alpha value is -2.28. The Bertz CT molecular complexity index is 679. The number of hydrogen-bond donors (Lipinski definition) is 4. The molecule has 6 nitrogen and oxygen atoms in total. The number of pyridine rings is 1. The van der Waals surface area contributed by atoms with Crippen LogP contribution >= 0.6 is 0 Å². The van der Waals surface area contributed by atoms with Gasteiger partial charge in [-0.05, 0) is 42.5 Å². The van der Waals surface area contributed by atoms with E-state index in [2.05, 4.69) is 16.9 Å². The molecule has 6 heteroatoms. The Morgan fingerprint density at radius 1 is 1.37 bits per heavy atom. The van der Waals surface area contributed by atoms with Crippen LogP contribution in [0.15, 0.2) is 54.9 Å². The minimum absolute atomic E-state index is 0.173. The molecule has 7 N–H and O–H groups in total. The van der Waals surface area contributed by atoms with Crippen molar-refractivity contribution in [2.24, 2.45) is 22.6 Å². The Morgan fingerprint density at radius 2 is 2.07 bits per heavy atom. The fourth-order valence-corrected chi connectivity index (χ4v) is 2.33. The smallest absolute Gasteiger partial charge is 0.238 e. The van der Waals surface area contributed by atoms with E-state index in [1.807, 2.05) is 45.1 Å².